The van der Waals surface area contributed by atoms with Gasteiger partial charge in [0.15, 0.2) is 0 Å². The van der Waals surface area contributed by atoms with Crippen molar-refractivity contribution in [3.63, 3.8) is 0 Å². The minimum absolute atomic E-state index is 0.882. The molecule has 0 saturated heterocycles. The zero-order valence-electron chi connectivity index (χ0n) is 7.09. The third-order valence-electron chi connectivity index (χ3n) is 1.65. The van der Waals surface area contributed by atoms with Crippen molar-refractivity contribution >= 4 is 21.6 Å². The summed E-state index contributed by atoms with van der Waals surface area (Å²) in [5.74, 6) is 0. The summed E-state index contributed by atoms with van der Waals surface area (Å²) in [6.45, 7) is 0. The molecule has 0 aromatic carbocycles. The Labute approximate surface area is 81.1 Å². The van der Waals surface area contributed by atoms with Gasteiger partial charge in [-0.2, -0.15) is 0 Å². The fourth-order valence-corrected chi connectivity index (χ4v) is 1.51. The highest BCUT2D eigenvalue weighted by atomic mass is 79.9. The van der Waals surface area contributed by atoms with E-state index in [9.17, 15) is 0 Å². The number of nitrogens with zero attached hydrogens (tertiary/aromatic N) is 1. The molecular formula is C9H12BrNO. The highest BCUT2D eigenvalue weighted by molar-refractivity contribution is 9.09. The molecule has 1 aliphatic rings. The lowest BCUT2D eigenvalue weighted by Gasteiger charge is -2.05. The summed E-state index contributed by atoms with van der Waals surface area (Å²) in [6.07, 6.45) is 8.23. The van der Waals surface area contributed by atoms with E-state index in [1.165, 1.54) is 5.57 Å². The van der Waals surface area contributed by atoms with E-state index >= 15 is 0 Å². The fraction of sp³-hybridized carbons (Fsp3) is 0.444. The van der Waals surface area contributed by atoms with E-state index in [-0.39, 0.29) is 0 Å². The minimum Gasteiger partial charge on any atom is -0.399 e. The quantitative estimate of drug-likeness (QED) is 0.539. The van der Waals surface area contributed by atoms with E-state index < -0.39 is 0 Å². The van der Waals surface area contributed by atoms with Crippen LogP contribution in [0.5, 0.6) is 0 Å². The number of oxime groups is 1. The van der Waals surface area contributed by atoms with Gasteiger partial charge in [-0.1, -0.05) is 38.8 Å². The van der Waals surface area contributed by atoms with Gasteiger partial charge in [-0.3, -0.25) is 0 Å². The molecule has 2 nitrogen and oxygen atoms in total. The van der Waals surface area contributed by atoms with E-state index in [1.54, 1.807) is 7.11 Å². The molecule has 66 valence electrons. The van der Waals surface area contributed by atoms with E-state index in [4.69, 9.17) is 0 Å². The van der Waals surface area contributed by atoms with Crippen molar-refractivity contribution in [2.24, 2.45) is 5.16 Å². The van der Waals surface area contributed by atoms with Crippen molar-refractivity contribution in [3.8, 4) is 0 Å². The van der Waals surface area contributed by atoms with Crippen molar-refractivity contribution in [3.05, 3.63) is 23.8 Å². The summed E-state index contributed by atoms with van der Waals surface area (Å²) in [5.41, 5.74) is 2.35. The molecule has 0 fully saturated rings. The minimum atomic E-state index is 0.882. The lowest BCUT2D eigenvalue weighted by Crippen LogP contribution is -1.98. The number of rotatable bonds is 3. The Morgan fingerprint density at radius 3 is 2.92 bits per heavy atom. The average Bonchev–Trinajstić information content (AvgIpc) is 2.09. The molecule has 1 aliphatic carbocycles. The standard InChI is InChI=1S/C9H12BrNO/c1-12-11-9-4-2-8(3-5-9)6-7-10/h2-4H,5-7H2,1H3. The van der Waals surface area contributed by atoms with Gasteiger partial charge in [0.1, 0.15) is 7.11 Å². The third kappa shape index (κ3) is 2.81. The molecule has 0 unspecified atom stereocenters. The topological polar surface area (TPSA) is 21.6 Å². The van der Waals surface area contributed by atoms with Crippen molar-refractivity contribution in [1.82, 2.24) is 0 Å². The Morgan fingerprint density at radius 2 is 2.42 bits per heavy atom. The smallest absolute Gasteiger partial charge is 0.106 e. The van der Waals surface area contributed by atoms with Crippen LogP contribution in [0.15, 0.2) is 29.0 Å². The fourth-order valence-electron chi connectivity index (χ4n) is 1.05. The summed E-state index contributed by atoms with van der Waals surface area (Å²) < 4.78 is 0. The van der Waals surface area contributed by atoms with Crippen LogP contribution in [0.4, 0.5) is 0 Å². The van der Waals surface area contributed by atoms with E-state index in [0.717, 1.165) is 23.9 Å². The first-order chi connectivity index (χ1) is 5.86. The Balaban J connectivity index is 2.49. The second-order valence-electron chi connectivity index (χ2n) is 2.52. The van der Waals surface area contributed by atoms with Crippen LogP contribution in [-0.4, -0.2) is 18.2 Å². The Hall–Kier alpha value is -0.570. The predicted molar refractivity (Wildman–Crippen MR) is 54.7 cm³/mol. The van der Waals surface area contributed by atoms with E-state index in [1.807, 2.05) is 6.08 Å². The zero-order valence-corrected chi connectivity index (χ0v) is 8.67. The average molecular weight is 230 g/mol. The predicted octanol–water partition coefficient (Wildman–Crippen LogP) is 2.66. The van der Waals surface area contributed by atoms with Crippen LogP contribution >= 0.6 is 15.9 Å². The van der Waals surface area contributed by atoms with Gasteiger partial charge in [0, 0.05) is 11.8 Å². The molecule has 0 amide bonds. The number of alkyl halides is 1. The SMILES string of the molecule is CON=C1C=CC(CCBr)=CC1. The molecule has 0 atom stereocenters. The second-order valence-corrected chi connectivity index (χ2v) is 3.31. The lowest BCUT2D eigenvalue weighted by atomic mass is 10.0. The Kier molecular flexibility index (Phi) is 4.08. The molecule has 0 bridgehead atoms. The van der Waals surface area contributed by atoms with Crippen LogP contribution in [-0.2, 0) is 4.84 Å². The van der Waals surface area contributed by atoms with Crippen LogP contribution in [0, 0.1) is 0 Å². The van der Waals surface area contributed by atoms with Gasteiger partial charge in [0.2, 0.25) is 0 Å². The molecule has 0 aromatic rings. The molecule has 0 saturated carbocycles. The van der Waals surface area contributed by atoms with Crippen molar-refractivity contribution in [1.29, 1.82) is 0 Å². The molecule has 0 aliphatic heterocycles. The van der Waals surface area contributed by atoms with Gasteiger partial charge >= 0.3 is 0 Å². The number of halogens is 1. The van der Waals surface area contributed by atoms with Gasteiger partial charge in [0.25, 0.3) is 0 Å². The molecule has 0 aromatic heterocycles. The normalized spacial score (nSPS) is 19.5. The Bertz CT molecular complexity index is 231. The van der Waals surface area contributed by atoms with Crippen LogP contribution in [0.3, 0.4) is 0 Å². The zero-order chi connectivity index (χ0) is 8.81. The van der Waals surface area contributed by atoms with Gasteiger partial charge < -0.3 is 4.84 Å². The molecule has 0 N–H and O–H groups in total. The first-order valence-electron chi connectivity index (χ1n) is 3.90. The van der Waals surface area contributed by atoms with Crippen LogP contribution in [0.25, 0.3) is 0 Å². The van der Waals surface area contributed by atoms with Gasteiger partial charge in [-0.05, 0) is 12.5 Å². The maximum absolute atomic E-state index is 4.67. The first kappa shape index (κ1) is 9.52. The molecule has 12 heavy (non-hydrogen) atoms. The largest absolute Gasteiger partial charge is 0.399 e. The highest BCUT2D eigenvalue weighted by Gasteiger charge is 2.01. The monoisotopic (exact) mass is 229 g/mol. The van der Waals surface area contributed by atoms with Crippen LogP contribution in [0.1, 0.15) is 12.8 Å². The number of hydrogen-bond donors (Lipinski definition) is 0. The van der Waals surface area contributed by atoms with Crippen molar-refractivity contribution < 1.29 is 4.84 Å². The second kappa shape index (κ2) is 5.14. The third-order valence-corrected chi connectivity index (χ3v) is 2.05. The van der Waals surface area contributed by atoms with Crippen LogP contribution in [0.2, 0.25) is 0 Å². The first-order valence-corrected chi connectivity index (χ1v) is 5.02. The van der Waals surface area contributed by atoms with Gasteiger partial charge in [-0.15, -0.1) is 0 Å². The highest BCUT2D eigenvalue weighted by Crippen LogP contribution is 2.12. The molecule has 1 rings (SSSR count). The van der Waals surface area contributed by atoms with E-state index in [2.05, 4.69) is 38.1 Å². The van der Waals surface area contributed by atoms with Crippen molar-refractivity contribution in [2.45, 2.75) is 12.8 Å². The summed E-state index contributed by atoms with van der Waals surface area (Å²) in [5, 5.41) is 4.87. The molecule has 0 spiro atoms. The van der Waals surface area contributed by atoms with E-state index in [0.29, 0.717) is 0 Å². The maximum atomic E-state index is 4.67. The van der Waals surface area contributed by atoms with Crippen molar-refractivity contribution in [2.75, 3.05) is 12.4 Å². The summed E-state index contributed by atoms with van der Waals surface area (Å²) in [4.78, 5) is 4.67. The molecular weight excluding hydrogens is 218 g/mol. The number of hydrogen-bond acceptors (Lipinski definition) is 2. The molecule has 3 heteroatoms. The lowest BCUT2D eigenvalue weighted by molar-refractivity contribution is 0.213. The maximum Gasteiger partial charge on any atom is 0.106 e. The summed E-state index contributed by atoms with van der Waals surface area (Å²) in [7, 11) is 1.57. The van der Waals surface area contributed by atoms with Gasteiger partial charge in [-0.25, -0.2) is 0 Å². The summed E-state index contributed by atoms with van der Waals surface area (Å²) in [6, 6.07) is 0. The molecule has 0 heterocycles. The summed E-state index contributed by atoms with van der Waals surface area (Å²) >= 11 is 3.40. The van der Waals surface area contributed by atoms with Crippen LogP contribution < -0.4 is 0 Å². The number of allylic oxidation sites excluding steroid dienone is 4. The Morgan fingerprint density at radius 1 is 1.58 bits per heavy atom. The molecule has 0 radical (unpaired) electrons. The van der Waals surface area contributed by atoms with Gasteiger partial charge in [0.05, 0.1) is 5.71 Å².